The van der Waals surface area contributed by atoms with Crippen molar-refractivity contribution in [3.8, 4) is 0 Å². The van der Waals surface area contributed by atoms with Gasteiger partial charge in [0.2, 0.25) is 0 Å². The maximum atomic E-state index is 2.81. The topological polar surface area (TPSA) is 3.24 Å². The molecule has 0 radical (unpaired) electrons. The average molecular weight is 195 g/mol. The Balaban J connectivity index is 1.89. The molecule has 1 saturated carbocycles. The van der Waals surface area contributed by atoms with Crippen LogP contribution in [0.15, 0.2) is 0 Å². The fourth-order valence-corrected chi connectivity index (χ4v) is 2.98. The van der Waals surface area contributed by atoms with E-state index in [2.05, 4.69) is 25.7 Å². The summed E-state index contributed by atoms with van der Waals surface area (Å²) in [6.07, 6.45) is 8.71. The molecule has 2 aliphatic rings. The van der Waals surface area contributed by atoms with Crippen LogP contribution in [0.3, 0.4) is 0 Å². The van der Waals surface area contributed by atoms with Gasteiger partial charge < -0.3 is 0 Å². The molecular weight excluding hydrogens is 170 g/mol. The molecule has 0 aromatic rings. The number of nitrogens with zero attached hydrogens (tertiary/aromatic N) is 1. The molecule has 0 bridgehead atoms. The lowest BCUT2D eigenvalue weighted by Gasteiger charge is -2.40. The van der Waals surface area contributed by atoms with Crippen molar-refractivity contribution in [3.05, 3.63) is 0 Å². The van der Waals surface area contributed by atoms with Crippen molar-refractivity contribution in [2.24, 2.45) is 5.41 Å². The zero-order chi connectivity index (χ0) is 10.2. The van der Waals surface area contributed by atoms with Crippen molar-refractivity contribution in [2.75, 3.05) is 6.54 Å². The van der Waals surface area contributed by atoms with Gasteiger partial charge in [0, 0.05) is 12.1 Å². The maximum absolute atomic E-state index is 2.81. The molecule has 0 amide bonds. The highest BCUT2D eigenvalue weighted by Gasteiger charge is 2.35. The quantitative estimate of drug-likeness (QED) is 0.652. The number of likely N-dealkylation sites (tertiary alicyclic amines) is 1. The summed E-state index contributed by atoms with van der Waals surface area (Å²) in [5.74, 6) is 0. The molecule has 1 aliphatic carbocycles. The third-order valence-corrected chi connectivity index (χ3v) is 3.81. The van der Waals surface area contributed by atoms with Gasteiger partial charge in [0.25, 0.3) is 0 Å². The van der Waals surface area contributed by atoms with E-state index in [4.69, 9.17) is 0 Å². The average Bonchev–Trinajstić information content (AvgIpc) is 2.30. The van der Waals surface area contributed by atoms with E-state index in [1.807, 2.05) is 0 Å². The van der Waals surface area contributed by atoms with Crippen LogP contribution < -0.4 is 0 Å². The van der Waals surface area contributed by atoms with Crippen molar-refractivity contribution in [2.45, 2.75) is 71.4 Å². The minimum atomic E-state index is 0.511. The van der Waals surface area contributed by atoms with E-state index in [0.29, 0.717) is 5.41 Å². The Kier molecular flexibility index (Phi) is 2.88. The lowest BCUT2D eigenvalue weighted by molar-refractivity contribution is 0.0913. The summed E-state index contributed by atoms with van der Waals surface area (Å²) in [6, 6.07) is 1.87. The fourth-order valence-electron chi connectivity index (χ4n) is 2.98. The Hall–Kier alpha value is -0.0400. The van der Waals surface area contributed by atoms with Gasteiger partial charge in [-0.15, -0.1) is 0 Å². The van der Waals surface area contributed by atoms with Gasteiger partial charge in [0.05, 0.1) is 0 Å². The highest BCUT2D eigenvalue weighted by Crippen LogP contribution is 2.36. The van der Waals surface area contributed by atoms with Crippen molar-refractivity contribution >= 4 is 0 Å². The first-order valence-corrected chi connectivity index (χ1v) is 6.32. The molecule has 14 heavy (non-hydrogen) atoms. The molecule has 2 rings (SSSR count). The smallest absolute Gasteiger partial charge is 0.0104 e. The van der Waals surface area contributed by atoms with Crippen molar-refractivity contribution in [3.63, 3.8) is 0 Å². The molecule has 0 aromatic carbocycles. The second-order valence-electron chi connectivity index (χ2n) is 6.38. The van der Waals surface area contributed by atoms with E-state index in [0.717, 1.165) is 12.1 Å². The van der Waals surface area contributed by atoms with Crippen LogP contribution in [-0.2, 0) is 0 Å². The SMILES string of the molecule is CC(C)(C)C[C@@H]1CCCN1C1CCC1. The van der Waals surface area contributed by atoms with Gasteiger partial charge in [0.1, 0.15) is 0 Å². The molecule has 1 heterocycles. The highest BCUT2D eigenvalue weighted by atomic mass is 15.2. The molecule has 0 unspecified atom stereocenters. The van der Waals surface area contributed by atoms with Crippen LogP contribution in [0.25, 0.3) is 0 Å². The van der Waals surface area contributed by atoms with E-state index < -0.39 is 0 Å². The first kappa shape index (κ1) is 10.5. The Morgan fingerprint density at radius 1 is 1.07 bits per heavy atom. The summed E-state index contributed by atoms with van der Waals surface area (Å²) in [5.41, 5.74) is 0.511. The minimum Gasteiger partial charge on any atom is -0.297 e. The van der Waals surface area contributed by atoms with Crippen LogP contribution in [0, 0.1) is 5.41 Å². The van der Waals surface area contributed by atoms with E-state index in [9.17, 15) is 0 Å². The Bertz CT molecular complexity index is 188. The summed E-state index contributed by atoms with van der Waals surface area (Å²) in [7, 11) is 0. The molecule has 1 nitrogen and oxygen atoms in total. The number of hydrogen-bond acceptors (Lipinski definition) is 1. The third-order valence-electron chi connectivity index (χ3n) is 3.81. The summed E-state index contributed by atoms with van der Waals surface area (Å²) < 4.78 is 0. The Labute approximate surface area is 88.9 Å². The molecule has 82 valence electrons. The van der Waals surface area contributed by atoms with Gasteiger partial charge in [-0.3, -0.25) is 4.90 Å². The Morgan fingerprint density at radius 3 is 2.29 bits per heavy atom. The summed E-state index contributed by atoms with van der Waals surface area (Å²) in [5, 5.41) is 0. The number of hydrogen-bond donors (Lipinski definition) is 0. The van der Waals surface area contributed by atoms with Crippen molar-refractivity contribution < 1.29 is 0 Å². The molecule has 0 N–H and O–H groups in total. The van der Waals surface area contributed by atoms with Gasteiger partial charge in [-0.2, -0.15) is 0 Å². The number of rotatable bonds is 2. The standard InChI is InChI=1S/C13H25N/c1-13(2,3)10-12-8-5-9-14(12)11-6-4-7-11/h11-12H,4-10H2,1-3H3/t12-/m0/s1. The molecule has 1 saturated heterocycles. The summed E-state index contributed by atoms with van der Waals surface area (Å²) in [6.45, 7) is 8.52. The van der Waals surface area contributed by atoms with Crippen LogP contribution in [0.5, 0.6) is 0 Å². The second-order valence-corrected chi connectivity index (χ2v) is 6.38. The van der Waals surface area contributed by atoms with E-state index in [1.165, 1.54) is 45.1 Å². The zero-order valence-corrected chi connectivity index (χ0v) is 10.1. The van der Waals surface area contributed by atoms with Gasteiger partial charge in [-0.05, 0) is 44.1 Å². The van der Waals surface area contributed by atoms with Crippen LogP contribution in [0.1, 0.15) is 59.3 Å². The van der Waals surface area contributed by atoms with Gasteiger partial charge >= 0.3 is 0 Å². The lowest BCUT2D eigenvalue weighted by Crippen LogP contribution is -2.44. The van der Waals surface area contributed by atoms with Gasteiger partial charge in [0.15, 0.2) is 0 Å². The fraction of sp³-hybridized carbons (Fsp3) is 1.00. The maximum Gasteiger partial charge on any atom is 0.0104 e. The van der Waals surface area contributed by atoms with Gasteiger partial charge in [-0.25, -0.2) is 0 Å². The monoisotopic (exact) mass is 195 g/mol. The lowest BCUT2D eigenvalue weighted by atomic mass is 9.85. The molecule has 1 aliphatic heterocycles. The predicted molar refractivity (Wildman–Crippen MR) is 61.4 cm³/mol. The normalized spacial score (nSPS) is 30.6. The van der Waals surface area contributed by atoms with E-state index in [1.54, 1.807) is 0 Å². The van der Waals surface area contributed by atoms with Crippen molar-refractivity contribution in [1.29, 1.82) is 0 Å². The Morgan fingerprint density at radius 2 is 1.79 bits per heavy atom. The largest absolute Gasteiger partial charge is 0.297 e. The van der Waals surface area contributed by atoms with Crippen molar-refractivity contribution in [1.82, 2.24) is 4.90 Å². The van der Waals surface area contributed by atoms with E-state index >= 15 is 0 Å². The van der Waals surface area contributed by atoms with Crippen LogP contribution in [-0.4, -0.2) is 23.5 Å². The predicted octanol–water partition coefficient (Wildman–Crippen LogP) is 3.44. The van der Waals surface area contributed by atoms with Crippen LogP contribution in [0.4, 0.5) is 0 Å². The minimum absolute atomic E-state index is 0.511. The molecule has 0 spiro atoms. The highest BCUT2D eigenvalue weighted by molar-refractivity contribution is 4.90. The molecule has 1 heteroatoms. The van der Waals surface area contributed by atoms with Gasteiger partial charge in [-0.1, -0.05) is 27.2 Å². The molecular formula is C13H25N. The molecule has 2 fully saturated rings. The second kappa shape index (κ2) is 3.84. The van der Waals surface area contributed by atoms with Crippen LogP contribution >= 0.6 is 0 Å². The summed E-state index contributed by atoms with van der Waals surface area (Å²) in [4.78, 5) is 2.81. The van der Waals surface area contributed by atoms with Crippen LogP contribution in [0.2, 0.25) is 0 Å². The first-order chi connectivity index (χ1) is 6.56. The summed E-state index contributed by atoms with van der Waals surface area (Å²) >= 11 is 0. The zero-order valence-electron chi connectivity index (χ0n) is 10.1. The molecule has 1 atom stereocenters. The van der Waals surface area contributed by atoms with E-state index in [-0.39, 0.29) is 0 Å². The third kappa shape index (κ3) is 2.31. The first-order valence-electron chi connectivity index (χ1n) is 6.32. The molecule has 0 aromatic heterocycles.